The van der Waals surface area contributed by atoms with Gasteiger partial charge in [0, 0.05) is 51.2 Å². The molecule has 0 bridgehead atoms. The number of hydrogen-bond donors (Lipinski definition) is 0. The highest BCUT2D eigenvalue weighted by molar-refractivity contribution is 5.83. The maximum absolute atomic E-state index is 2.33. The van der Waals surface area contributed by atoms with E-state index in [1.165, 1.54) is 33.4 Å². The standard InChI is InChI=1S/C52H45N3/c1-38-10-22-45(23-11-38)53(44-8-6-5-7-9-44)49-30-18-42(19-31-49)43-20-32-50(33-21-43)55(48-28-16-41(4)17-29-48)52-36-34-51(35-37-52)54(46-24-12-39(2)13-25-46)47-26-14-40(3)15-27-47/h5-37H,1-4H3. The van der Waals surface area contributed by atoms with Crippen LogP contribution in [-0.2, 0) is 0 Å². The second-order valence-corrected chi connectivity index (χ2v) is 14.3. The Morgan fingerprint density at radius 2 is 0.382 bits per heavy atom. The molecule has 55 heavy (non-hydrogen) atoms. The van der Waals surface area contributed by atoms with E-state index in [4.69, 9.17) is 0 Å². The molecular formula is C52H45N3. The van der Waals surface area contributed by atoms with E-state index < -0.39 is 0 Å². The van der Waals surface area contributed by atoms with Crippen molar-refractivity contribution in [2.45, 2.75) is 27.7 Å². The summed E-state index contributed by atoms with van der Waals surface area (Å²) in [6.07, 6.45) is 0. The van der Waals surface area contributed by atoms with Gasteiger partial charge >= 0.3 is 0 Å². The fraction of sp³-hybridized carbons (Fsp3) is 0.0769. The zero-order valence-corrected chi connectivity index (χ0v) is 31.9. The SMILES string of the molecule is Cc1ccc(N(c2ccccc2)c2ccc(-c3ccc(N(c4ccc(C)cc4)c4ccc(N(c5ccc(C)cc5)c5ccc(C)cc5)cc4)cc3)cc2)cc1. The van der Waals surface area contributed by atoms with Gasteiger partial charge in [0.25, 0.3) is 0 Å². The summed E-state index contributed by atoms with van der Waals surface area (Å²) in [5, 5.41) is 0. The van der Waals surface area contributed by atoms with Crippen molar-refractivity contribution in [3.63, 3.8) is 0 Å². The molecule has 0 saturated heterocycles. The number of hydrogen-bond acceptors (Lipinski definition) is 3. The molecule has 8 aromatic carbocycles. The van der Waals surface area contributed by atoms with E-state index in [2.05, 4.69) is 243 Å². The summed E-state index contributed by atoms with van der Waals surface area (Å²) in [6.45, 7) is 8.52. The summed E-state index contributed by atoms with van der Waals surface area (Å²) in [4.78, 5) is 6.95. The van der Waals surface area contributed by atoms with Crippen LogP contribution in [0.15, 0.2) is 200 Å². The molecule has 3 nitrogen and oxygen atoms in total. The molecule has 0 atom stereocenters. The molecule has 0 aliphatic carbocycles. The van der Waals surface area contributed by atoms with Gasteiger partial charge in [-0.15, -0.1) is 0 Å². The topological polar surface area (TPSA) is 9.72 Å². The van der Waals surface area contributed by atoms with Crippen molar-refractivity contribution in [1.82, 2.24) is 0 Å². The summed E-state index contributed by atoms with van der Waals surface area (Å²) >= 11 is 0. The van der Waals surface area contributed by atoms with Gasteiger partial charge in [-0.05, 0) is 148 Å². The highest BCUT2D eigenvalue weighted by atomic mass is 15.2. The largest absolute Gasteiger partial charge is 0.311 e. The molecule has 0 saturated carbocycles. The second-order valence-electron chi connectivity index (χ2n) is 14.3. The van der Waals surface area contributed by atoms with E-state index >= 15 is 0 Å². The van der Waals surface area contributed by atoms with Crippen molar-refractivity contribution in [3.05, 3.63) is 222 Å². The fourth-order valence-corrected chi connectivity index (χ4v) is 7.05. The molecule has 268 valence electrons. The van der Waals surface area contributed by atoms with Crippen LogP contribution in [0.1, 0.15) is 22.3 Å². The third kappa shape index (κ3) is 7.78. The summed E-state index contributed by atoms with van der Waals surface area (Å²) in [6, 6.07) is 72.2. The highest BCUT2D eigenvalue weighted by Gasteiger charge is 2.17. The van der Waals surface area contributed by atoms with Crippen LogP contribution in [0.5, 0.6) is 0 Å². The minimum Gasteiger partial charge on any atom is -0.311 e. The molecule has 0 heterocycles. The van der Waals surface area contributed by atoms with Crippen molar-refractivity contribution >= 4 is 51.2 Å². The molecule has 0 spiro atoms. The lowest BCUT2D eigenvalue weighted by atomic mass is 10.0. The van der Waals surface area contributed by atoms with Gasteiger partial charge in [0.2, 0.25) is 0 Å². The molecule has 0 amide bonds. The zero-order chi connectivity index (χ0) is 37.7. The third-order valence-electron chi connectivity index (χ3n) is 10.1. The van der Waals surface area contributed by atoms with Crippen LogP contribution in [0.3, 0.4) is 0 Å². The van der Waals surface area contributed by atoms with E-state index in [1.807, 2.05) is 0 Å². The van der Waals surface area contributed by atoms with Crippen LogP contribution < -0.4 is 14.7 Å². The second kappa shape index (κ2) is 15.6. The molecule has 8 rings (SSSR count). The first kappa shape index (κ1) is 35.2. The zero-order valence-electron chi connectivity index (χ0n) is 31.9. The maximum Gasteiger partial charge on any atom is 0.0463 e. The first-order valence-corrected chi connectivity index (χ1v) is 18.9. The molecule has 0 N–H and O–H groups in total. The first-order valence-electron chi connectivity index (χ1n) is 18.9. The Kier molecular flexibility index (Phi) is 10.0. The number of benzene rings is 8. The summed E-state index contributed by atoms with van der Waals surface area (Å²) in [5.74, 6) is 0. The van der Waals surface area contributed by atoms with Gasteiger partial charge in [-0.2, -0.15) is 0 Å². The van der Waals surface area contributed by atoms with Gasteiger partial charge in [0.15, 0.2) is 0 Å². The normalized spacial score (nSPS) is 10.9. The number of nitrogens with zero attached hydrogens (tertiary/aromatic N) is 3. The Hall–Kier alpha value is -6.84. The average Bonchev–Trinajstić information content (AvgIpc) is 3.23. The van der Waals surface area contributed by atoms with Gasteiger partial charge in [0.05, 0.1) is 0 Å². The predicted molar refractivity (Wildman–Crippen MR) is 235 cm³/mol. The van der Waals surface area contributed by atoms with Crippen molar-refractivity contribution in [1.29, 1.82) is 0 Å². The Morgan fingerprint density at radius 1 is 0.200 bits per heavy atom. The average molecular weight is 712 g/mol. The van der Waals surface area contributed by atoms with E-state index in [0.717, 1.165) is 51.2 Å². The van der Waals surface area contributed by atoms with Gasteiger partial charge in [-0.1, -0.05) is 113 Å². The summed E-state index contributed by atoms with van der Waals surface area (Å²) in [7, 11) is 0. The minimum absolute atomic E-state index is 1.09. The van der Waals surface area contributed by atoms with E-state index in [0.29, 0.717) is 0 Å². The van der Waals surface area contributed by atoms with Crippen LogP contribution in [0, 0.1) is 27.7 Å². The van der Waals surface area contributed by atoms with Crippen LogP contribution in [0.25, 0.3) is 11.1 Å². The molecule has 0 aromatic heterocycles. The Balaban J connectivity index is 1.11. The third-order valence-corrected chi connectivity index (χ3v) is 10.1. The summed E-state index contributed by atoms with van der Waals surface area (Å²) < 4.78 is 0. The minimum atomic E-state index is 1.09. The van der Waals surface area contributed by atoms with Gasteiger partial charge in [-0.25, -0.2) is 0 Å². The number of anilines is 9. The molecule has 0 unspecified atom stereocenters. The van der Waals surface area contributed by atoms with Gasteiger partial charge in [0.1, 0.15) is 0 Å². The number of aryl methyl sites for hydroxylation is 4. The Morgan fingerprint density at radius 3 is 0.618 bits per heavy atom. The van der Waals surface area contributed by atoms with Crippen LogP contribution in [0.2, 0.25) is 0 Å². The quantitative estimate of drug-likeness (QED) is 0.140. The molecule has 3 heteroatoms. The van der Waals surface area contributed by atoms with Gasteiger partial charge in [-0.3, -0.25) is 0 Å². The van der Waals surface area contributed by atoms with E-state index in [1.54, 1.807) is 0 Å². The van der Waals surface area contributed by atoms with Crippen LogP contribution in [0.4, 0.5) is 51.2 Å². The molecule has 0 aliphatic heterocycles. The maximum atomic E-state index is 2.33. The number of rotatable bonds is 10. The number of para-hydroxylation sites is 1. The lowest BCUT2D eigenvalue weighted by Gasteiger charge is -2.28. The van der Waals surface area contributed by atoms with Crippen molar-refractivity contribution < 1.29 is 0 Å². The predicted octanol–water partition coefficient (Wildman–Crippen LogP) is 15.0. The Bertz CT molecular complexity index is 2410. The lowest BCUT2D eigenvalue weighted by molar-refractivity contribution is 1.25. The van der Waals surface area contributed by atoms with Crippen molar-refractivity contribution in [3.8, 4) is 11.1 Å². The Labute approximate surface area is 326 Å². The van der Waals surface area contributed by atoms with Crippen LogP contribution in [-0.4, -0.2) is 0 Å². The van der Waals surface area contributed by atoms with E-state index in [9.17, 15) is 0 Å². The molecule has 8 aromatic rings. The van der Waals surface area contributed by atoms with Gasteiger partial charge < -0.3 is 14.7 Å². The molecule has 0 radical (unpaired) electrons. The van der Waals surface area contributed by atoms with Crippen LogP contribution >= 0.6 is 0 Å². The monoisotopic (exact) mass is 711 g/mol. The summed E-state index contributed by atoms with van der Waals surface area (Å²) in [5.41, 5.74) is 17.4. The van der Waals surface area contributed by atoms with Crippen molar-refractivity contribution in [2.24, 2.45) is 0 Å². The lowest BCUT2D eigenvalue weighted by Crippen LogP contribution is -2.12. The first-order chi connectivity index (χ1) is 26.9. The molecule has 0 aliphatic rings. The fourth-order valence-electron chi connectivity index (χ4n) is 7.05. The molecule has 0 fully saturated rings. The highest BCUT2D eigenvalue weighted by Crippen LogP contribution is 2.40. The van der Waals surface area contributed by atoms with Crippen molar-refractivity contribution in [2.75, 3.05) is 14.7 Å². The smallest absolute Gasteiger partial charge is 0.0463 e. The van der Waals surface area contributed by atoms with E-state index in [-0.39, 0.29) is 0 Å². The molecular weight excluding hydrogens is 667 g/mol.